The Morgan fingerprint density at radius 3 is 2.46 bits per heavy atom. The zero-order chi connectivity index (χ0) is 27.6. The highest BCUT2D eigenvalue weighted by Gasteiger charge is 2.46. The third-order valence-corrected chi connectivity index (χ3v) is 8.04. The molecular weight excluding hydrogens is 539 g/mol. The summed E-state index contributed by atoms with van der Waals surface area (Å²) in [5.74, 6) is 1.42. The maximum atomic E-state index is 12.0. The monoisotopic (exact) mass is 568 g/mol. The molecule has 5 rings (SSSR count). The summed E-state index contributed by atoms with van der Waals surface area (Å²) in [7, 11) is 0. The summed E-state index contributed by atoms with van der Waals surface area (Å²) in [6.45, 7) is 5.65. The van der Waals surface area contributed by atoms with Gasteiger partial charge in [0.1, 0.15) is 18.2 Å². The van der Waals surface area contributed by atoms with Crippen molar-refractivity contribution in [1.82, 2.24) is 14.9 Å². The molecule has 1 aromatic carbocycles. The number of likely N-dealkylation sites (tertiary alicyclic amines) is 1. The van der Waals surface area contributed by atoms with E-state index >= 15 is 0 Å². The van der Waals surface area contributed by atoms with Gasteiger partial charge in [0.15, 0.2) is 0 Å². The van der Waals surface area contributed by atoms with E-state index in [0.717, 1.165) is 44.8 Å². The molecule has 0 radical (unpaired) electrons. The van der Waals surface area contributed by atoms with Crippen LogP contribution in [0.25, 0.3) is 0 Å². The average Bonchev–Trinajstić information content (AvgIpc) is 2.92. The Kier molecular flexibility index (Phi) is 7.81. The SMILES string of the molecule is CCOC(=O)N1CCC2(CC1)CN(c1ccc(C(=N)c3cc(OCc4c(Cl)cncc4Cl)ccc3N)cn1)C2. The summed E-state index contributed by atoms with van der Waals surface area (Å²) in [6.07, 6.45) is 6.44. The molecule has 1 spiro atoms. The Morgan fingerprint density at radius 1 is 1.10 bits per heavy atom. The first-order valence-electron chi connectivity index (χ1n) is 12.8. The Labute approximate surface area is 237 Å². The number of rotatable bonds is 7. The number of nitrogen functional groups attached to an aromatic ring is 1. The smallest absolute Gasteiger partial charge is 0.409 e. The second kappa shape index (κ2) is 11.3. The zero-order valence-electron chi connectivity index (χ0n) is 21.6. The van der Waals surface area contributed by atoms with Crippen LogP contribution in [-0.2, 0) is 11.3 Å². The van der Waals surface area contributed by atoms with Crippen LogP contribution in [0.4, 0.5) is 16.3 Å². The number of halogens is 2. The summed E-state index contributed by atoms with van der Waals surface area (Å²) in [6, 6.07) is 9.02. The van der Waals surface area contributed by atoms with Crippen LogP contribution >= 0.6 is 23.2 Å². The van der Waals surface area contributed by atoms with Crippen LogP contribution in [0.5, 0.6) is 5.75 Å². The minimum absolute atomic E-state index is 0.158. The van der Waals surface area contributed by atoms with Crippen LogP contribution in [0.2, 0.25) is 10.0 Å². The molecule has 2 aromatic heterocycles. The molecule has 1 amide bonds. The number of aromatic nitrogens is 2. The summed E-state index contributed by atoms with van der Waals surface area (Å²) < 4.78 is 11.0. The number of hydrogen-bond acceptors (Lipinski definition) is 8. The lowest BCUT2D eigenvalue weighted by atomic mass is 9.72. The number of hydrogen-bond donors (Lipinski definition) is 2. The maximum absolute atomic E-state index is 12.0. The Morgan fingerprint density at radius 2 is 1.82 bits per heavy atom. The third-order valence-electron chi connectivity index (χ3n) is 7.39. The molecule has 204 valence electrons. The number of anilines is 2. The van der Waals surface area contributed by atoms with Crippen molar-refractivity contribution >= 4 is 46.5 Å². The minimum Gasteiger partial charge on any atom is -0.489 e. The highest BCUT2D eigenvalue weighted by Crippen LogP contribution is 2.42. The number of nitrogens with one attached hydrogen (secondary N) is 1. The maximum Gasteiger partial charge on any atom is 0.409 e. The van der Waals surface area contributed by atoms with Crippen molar-refractivity contribution in [2.75, 3.05) is 43.4 Å². The number of carbonyl (C=O) groups is 1. The first-order chi connectivity index (χ1) is 18.8. The van der Waals surface area contributed by atoms with Gasteiger partial charge in [0.05, 0.1) is 22.4 Å². The largest absolute Gasteiger partial charge is 0.489 e. The number of benzene rings is 1. The Bertz CT molecular complexity index is 1350. The molecule has 3 aromatic rings. The molecule has 9 nitrogen and oxygen atoms in total. The summed E-state index contributed by atoms with van der Waals surface area (Å²) in [5.41, 5.74) is 8.99. The van der Waals surface area contributed by atoms with Gasteiger partial charge in [0.2, 0.25) is 0 Å². The molecule has 39 heavy (non-hydrogen) atoms. The van der Waals surface area contributed by atoms with Crippen LogP contribution in [0.1, 0.15) is 36.5 Å². The van der Waals surface area contributed by atoms with Crippen molar-refractivity contribution in [3.05, 3.63) is 75.7 Å². The highest BCUT2D eigenvalue weighted by atomic mass is 35.5. The van der Waals surface area contributed by atoms with Gasteiger partial charge in [-0.15, -0.1) is 0 Å². The third kappa shape index (κ3) is 5.74. The fourth-order valence-corrected chi connectivity index (χ4v) is 5.54. The van der Waals surface area contributed by atoms with Crippen molar-refractivity contribution in [3.8, 4) is 5.75 Å². The van der Waals surface area contributed by atoms with Gasteiger partial charge in [0, 0.05) is 72.6 Å². The molecule has 2 saturated heterocycles. The Hall–Kier alpha value is -3.56. The topological polar surface area (TPSA) is 118 Å². The van der Waals surface area contributed by atoms with Crippen LogP contribution < -0.4 is 15.4 Å². The standard InChI is InChI=1S/C28H30Cl2N6O3/c1-2-38-27(37)35-9-7-28(8-10-35)16-36(17-28)25-6-3-18(12-34-25)26(32)20-11-19(4-5-24(20)31)39-15-21-22(29)13-33-14-23(21)30/h3-6,11-14,32H,2,7-10,15-17,31H2,1H3. The second-order valence-electron chi connectivity index (χ2n) is 9.94. The fourth-order valence-electron chi connectivity index (χ4n) is 5.07. The minimum atomic E-state index is -0.219. The predicted molar refractivity (Wildman–Crippen MR) is 152 cm³/mol. The summed E-state index contributed by atoms with van der Waals surface area (Å²) in [5, 5.41) is 9.61. The molecule has 0 unspecified atom stereocenters. The lowest BCUT2D eigenvalue weighted by Gasteiger charge is -2.54. The molecular formula is C28H30Cl2N6O3. The van der Waals surface area contributed by atoms with Crippen molar-refractivity contribution in [3.63, 3.8) is 0 Å². The molecule has 2 fully saturated rings. The molecule has 0 atom stereocenters. The van der Waals surface area contributed by atoms with Crippen molar-refractivity contribution < 1.29 is 14.3 Å². The van der Waals surface area contributed by atoms with E-state index in [-0.39, 0.29) is 23.8 Å². The number of amides is 1. The number of nitrogens with two attached hydrogens (primary N) is 1. The molecule has 11 heteroatoms. The van der Waals surface area contributed by atoms with E-state index in [1.807, 2.05) is 19.1 Å². The molecule has 2 aliphatic rings. The average molecular weight is 569 g/mol. The predicted octanol–water partition coefficient (Wildman–Crippen LogP) is 5.42. The molecule has 0 bridgehead atoms. The quantitative estimate of drug-likeness (QED) is 0.288. The van der Waals surface area contributed by atoms with Crippen molar-refractivity contribution in [1.29, 1.82) is 5.41 Å². The van der Waals surface area contributed by atoms with Gasteiger partial charge < -0.3 is 25.0 Å². The number of piperidine rings is 1. The van der Waals surface area contributed by atoms with Gasteiger partial charge >= 0.3 is 6.09 Å². The molecule has 2 aliphatic heterocycles. The van der Waals surface area contributed by atoms with Gasteiger partial charge in [-0.1, -0.05) is 23.2 Å². The van der Waals surface area contributed by atoms with Crippen LogP contribution in [0, 0.1) is 10.8 Å². The van der Waals surface area contributed by atoms with Crippen LogP contribution in [-0.4, -0.2) is 59.5 Å². The number of nitrogens with zero attached hydrogens (tertiary/aromatic N) is 4. The van der Waals surface area contributed by atoms with Gasteiger partial charge in [-0.25, -0.2) is 9.78 Å². The number of pyridine rings is 2. The number of carbonyl (C=O) groups excluding carboxylic acids is 1. The van der Waals surface area contributed by atoms with Gasteiger partial charge in [0.25, 0.3) is 0 Å². The van der Waals surface area contributed by atoms with E-state index in [4.69, 9.17) is 43.8 Å². The van der Waals surface area contributed by atoms with Crippen LogP contribution in [0.15, 0.2) is 48.9 Å². The summed E-state index contributed by atoms with van der Waals surface area (Å²) >= 11 is 12.4. The van der Waals surface area contributed by atoms with Crippen LogP contribution in [0.3, 0.4) is 0 Å². The van der Waals surface area contributed by atoms with E-state index < -0.39 is 0 Å². The van der Waals surface area contributed by atoms with Crippen molar-refractivity contribution in [2.45, 2.75) is 26.4 Å². The lowest BCUT2D eigenvalue weighted by molar-refractivity contribution is 0.0550. The lowest BCUT2D eigenvalue weighted by Crippen LogP contribution is -2.61. The second-order valence-corrected chi connectivity index (χ2v) is 10.8. The van der Waals surface area contributed by atoms with Gasteiger partial charge in [-0.2, -0.15) is 0 Å². The first kappa shape index (κ1) is 27.0. The van der Waals surface area contributed by atoms with E-state index in [0.29, 0.717) is 44.8 Å². The number of ether oxygens (including phenoxy) is 2. The van der Waals surface area contributed by atoms with Crippen molar-refractivity contribution in [2.24, 2.45) is 5.41 Å². The van der Waals surface area contributed by atoms with E-state index in [2.05, 4.69) is 14.9 Å². The zero-order valence-corrected chi connectivity index (χ0v) is 23.1. The van der Waals surface area contributed by atoms with E-state index in [9.17, 15) is 4.79 Å². The molecule has 0 aliphatic carbocycles. The van der Waals surface area contributed by atoms with E-state index in [1.54, 1.807) is 29.3 Å². The van der Waals surface area contributed by atoms with E-state index in [1.165, 1.54) is 12.4 Å². The molecule has 4 heterocycles. The Balaban J connectivity index is 1.20. The first-order valence-corrected chi connectivity index (χ1v) is 13.6. The normalized spacial score (nSPS) is 16.1. The molecule has 3 N–H and O–H groups in total. The molecule has 0 saturated carbocycles. The highest BCUT2D eigenvalue weighted by molar-refractivity contribution is 6.35. The van der Waals surface area contributed by atoms with Gasteiger partial charge in [-0.05, 0) is 50.1 Å². The van der Waals surface area contributed by atoms with Gasteiger partial charge in [-0.3, -0.25) is 10.4 Å². The summed E-state index contributed by atoms with van der Waals surface area (Å²) in [4.78, 5) is 24.6. The fraction of sp³-hybridized carbons (Fsp3) is 0.357.